The Hall–Kier alpha value is -2.05. The maximum atomic E-state index is 13.6. The van der Waals surface area contributed by atoms with Crippen LogP contribution in [0.15, 0.2) is 30.3 Å². The minimum Gasteiger partial charge on any atom is -0.335 e. The second-order valence-electron chi connectivity index (χ2n) is 7.01. The molecule has 2 aromatic carbocycles. The Morgan fingerprint density at radius 3 is 2.56 bits per heavy atom. The van der Waals surface area contributed by atoms with E-state index in [9.17, 15) is 18.0 Å². The SMILES string of the molecule is CCN1Cc2c(cc(CN3Cc4cccc(Cl)c4C3)cc2C(F)(F)F)C1=O. The first-order valence-corrected chi connectivity index (χ1v) is 9.16. The van der Waals surface area contributed by atoms with Crippen LogP contribution in [0.3, 0.4) is 0 Å². The Kier molecular flexibility index (Phi) is 4.43. The maximum Gasteiger partial charge on any atom is 0.416 e. The van der Waals surface area contributed by atoms with Crippen LogP contribution in [0.4, 0.5) is 13.2 Å². The number of benzene rings is 2. The third-order valence-electron chi connectivity index (χ3n) is 5.26. The number of alkyl halides is 3. The minimum absolute atomic E-state index is 0.0184. The third-order valence-corrected chi connectivity index (χ3v) is 5.62. The molecule has 0 radical (unpaired) electrons. The molecule has 0 saturated heterocycles. The standard InChI is InChI=1S/C20H18ClF3N2O/c1-2-26-11-16-14(19(26)27)6-12(7-17(16)20(22,23)24)8-25-9-13-4-3-5-18(21)15(13)10-25/h3-7H,2,8-11H2,1H3. The lowest BCUT2D eigenvalue weighted by Gasteiger charge is -2.18. The summed E-state index contributed by atoms with van der Waals surface area (Å²) in [5, 5.41) is 0.675. The van der Waals surface area contributed by atoms with Gasteiger partial charge < -0.3 is 4.90 Å². The summed E-state index contributed by atoms with van der Waals surface area (Å²) in [6.45, 7) is 3.72. The summed E-state index contributed by atoms with van der Waals surface area (Å²) in [7, 11) is 0. The van der Waals surface area contributed by atoms with E-state index in [0.29, 0.717) is 36.8 Å². The van der Waals surface area contributed by atoms with Crippen molar-refractivity contribution in [3.8, 4) is 0 Å². The molecule has 27 heavy (non-hydrogen) atoms. The molecule has 3 nitrogen and oxygen atoms in total. The molecule has 0 unspecified atom stereocenters. The van der Waals surface area contributed by atoms with Crippen LogP contribution in [0.5, 0.6) is 0 Å². The fourth-order valence-corrected chi connectivity index (χ4v) is 4.20. The third kappa shape index (κ3) is 3.21. The van der Waals surface area contributed by atoms with E-state index in [-0.39, 0.29) is 23.6 Å². The van der Waals surface area contributed by atoms with Gasteiger partial charge in [0, 0.05) is 43.3 Å². The molecular weight excluding hydrogens is 377 g/mol. The summed E-state index contributed by atoms with van der Waals surface area (Å²) < 4.78 is 40.8. The highest BCUT2D eigenvalue weighted by atomic mass is 35.5. The van der Waals surface area contributed by atoms with Crippen molar-refractivity contribution < 1.29 is 18.0 Å². The number of carbonyl (C=O) groups is 1. The van der Waals surface area contributed by atoms with Crippen molar-refractivity contribution in [2.75, 3.05) is 6.54 Å². The van der Waals surface area contributed by atoms with Gasteiger partial charge in [0.15, 0.2) is 0 Å². The number of fused-ring (bicyclic) bond motifs is 2. The van der Waals surface area contributed by atoms with E-state index >= 15 is 0 Å². The summed E-state index contributed by atoms with van der Waals surface area (Å²) in [6, 6.07) is 8.48. The van der Waals surface area contributed by atoms with Crippen LogP contribution in [0.1, 0.15) is 45.1 Å². The summed E-state index contributed by atoms with van der Waals surface area (Å²) in [5.41, 5.74) is 2.17. The van der Waals surface area contributed by atoms with E-state index in [1.54, 1.807) is 13.0 Å². The highest BCUT2D eigenvalue weighted by Crippen LogP contribution is 2.39. The van der Waals surface area contributed by atoms with Crippen molar-refractivity contribution >= 4 is 17.5 Å². The van der Waals surface area contributed by atoms with Crippen LogP contribution in [-0.4, -0.2) is 22.3 Å². The molecule has 0 atom stereocenters. The van der Waals surface area contributed by atoms with Gasteiger partial charge in [-0.3, -0.25) is 9.69 Å². The molecule has 1 amide bonds. The molecule has 0 saturated carbocycles. The molecule has 2 heterocycles. The fraction of sp³-hybridized carbons (Fsp3) is 0.350. The van der Waals surface area contributed by atoms with Crippen LogP contribution in [0.2, 0.25) is 5.02 Å². The second kappa shape index (κ2) is 6.53. The molecule has 0 N–H and O–H groups in total. The minimum atomic E-state index is -4.48. The lowest BCUT2D eigenvalue weighted by atomic mass is 9.98. The van der Waals surface area contributed by atoms with E-state index in [1.165, 1.54) is 11.0 Å². The number of halogens is 4. The van der Waals surface area contributed by atoms with Crippen molar-refractivity contribution in [1.29, 1.82) is 0 Å². The zero-order chi connectivity index (χ0) is 19.3. The molecule has 0 aliphatic carbocycles. The highest BCUT2D eigenvalue weighted by molar-refractivity contribution is 6.31. The molecule has 0 bridgehead atoms. The summed E-state index contributed by atoms with van der Waals surface area (Å²) in [4.78, 5) is 15.9. The topological polar surface area (TPSA) is 23.6 Å². The molecule has 142 valence electrons. The summed E-state index contributed by atoms with van der Waals surface area (Å²) in [5.74, 6) is -0.326. The van der Waals surface area contributed by atoms with Gasteiger partial charge in [0.05, 0.1) is 5.56 Å². The molecule has 2 aliphatic heterocycles. The zero-order valence-corrected chi connectivity index (χ0v) is 15.5. The molecule has 0 spiro atoms. The number of hydrogen-bond donors (Lipinski definition) is 0. The number of carbonyl (C=O) groups excluding carboxylic acids is 1. The Balaban J connectivity index is 1.66. The van der Waals surface area contributed by atoms with E-state index in [0.717, 1.165) is 11.1 Å². The fourth-order valence-electron chi connectivity index (χ4n) is 3.94. The average molecular weight is 395 g/mol. The molecule has 4 rings (SSSR count). The van der Waals surface area contributed by atoms with Crippen molar-refractivity contribution in [3.05, 3.63) is 68.7 Å². The monoisotopic (exact) mass is 394 g/mol. The molecule has 2 aliphatic rings. The Bertz CT molecular complexity index is 926. The van der Waals surface area contributed by atoms with Crippen molar-refractivity contribution in [3.63, 3.8) is 0 Å². The van der Waals surface area contributed by atoms with Crippen LogP contribution in [0, 0.1) is 0 Å². The lowest BCUT2D eigenvalue weighted by Crippen LogP contribution is -2.23. The van der Waals surface area contributed by atoms with Gasteiger partial charge in [-0.1, -0.05) is 23.7 Å². The number of rotatable bonds is 3. The van der Waals surface area contributed by atoms with Crippen molar-refractivity contribution in [2.45, 2.75) is 39.3 Å². The first kappa shape index (κ1) is 18.3. The molecule has 2 aromatic rings. The van der Waals surface area contributed by atoms with Gasteiger partial charge >= 0.3 is 6.18 Å². The Labute approximate surface area is 160 Å². The second-order valence-corrected chi connectivity index (χ2v) is 7.42. The van der Waals surface area contributed by atoms with Crippen LogP contribution in [0.25, 0.3) is 0 Å². The van der Waals surface area contributed by atoms with E-state index in [1.807, 2.05) is 23.1 Å². The normalized spacial score (nSPS) is 16.8. The van der Waals surface area contributed by atoms with Gasteiger partial charge in [-0.15, -0.1) is 0 Å². The molecule has 0 fully saturated rings. The average Bonchev–Trinajstić information content (AvgIpc) is 3.15. The van der Waals surface area contributed by atoms with E-state index in [4.69, 9.17) is 11.6 Å². The molecular formula is C20H18ClF3N2O. The predicted molar refractivity (Wildman–Crippen MR) is 96.3 cm³/mol. The molecule has 0 aromatic heterocycles. The Morgan fingerprint density at radius 1 is 1.11 bits per heavy atom. The predicted octanol–water partition coefficient (Wildman–Crippen LogP) is 4.85. The number of amides is 1. The Morgan fingerprint density at radius 2 is 1.89 bits per heavy atom. The van der Waals surface area contributed by atoms with E-state index < -0.39 is 11.7 Å². The lowest BCUT2D eigenvalue weighted by molar-refractivity contribution is -0.138. The van der Waals surface area contributed by atoms with Crippen LogP contribution < -0.4 is 0 Å². The van der Waals surface area contributed by atoms with Gasteiger partial charge in [-0.05, 0) is 47.4 Å². The first-order valence-electron chi connectivity index (χ1n) is 8.78. The number of nitrogens with zero attached hydrogens (tertiary/aromatic N) is 2. The quantitative estimate of drug-likeness (QED) is 0.743. The zero-order valence-electron chi connectivity index (χ0n) is 14.7. The maximum absolute atomic E-state index is 13.6. The summed E-state index contributed by atoms with van der Waals surface area (Å²) in [6.07, 6.45) is -4.48. The molecule has 7 heteroatoms. The van der Waals surface area contributed by atoms with Gasteiger partial charge in [0.2, 0.25) is 0 Å². The number of hydrogen-bond acceptors (Lipinski definition) is 2. The van der Waals surface area contributed by atoms with Gasteiger partial charge in [-0.2, -0.15) is 13.2 Å². The van der Waals surface area contributed by atoms with E-state index in [2.05, 4.69) is 0 Å². The van der Waals surface area contributed by atoms with Crippen molar-refractivity contribution in [2.24, 2.45) is 0 Å². The summed E-state index contributed by atoms with van der Waals surface area (Å²) >= 11 is 6.23. The first-order chi connectivity index (χ1) is 12.8. The highest BCUT2D eigenvalue weighted by Gasteiger charge is 2.39. The van der Waals surface area contributed by atoms with Crippen molar-refractivity contribution in [1.82, 2.24) is 9.80 Å². The largest absolute Gasteiger partial charge is 0.416 e. The smallest absolute Gasteiger partial charge is 0.335 e. The van der Waals surface area contributed by atoms with Gasteiger partial charge in [0.25, 0.3) is 5.91 Å². The van der Waals surface area contributed by atoms with Gasteiger partial charge in [-0.25, -0.2) is 0 Å². The van der Waals surface area contributed by atoms with Gasteiger partial charge in [0.1, 0.15) is 0 Å². The van der Waals surface area contributed by atoms with Crippen LogP contribution >= 0.6 is 11.6 Å². The van der Waals surface area contributed by atoms with Crippen LogP contribution in [-0.2, 0) is 32.4 Å².